The number of urea groups is 1. The van der Waals surface area contributed by atoms with E-state index < -0.39 is 0 Å². The summed E-state index contributed by atoms with van der Waals surface area (Å²) >= 11 is 7.35. The maximum atomic E-state index is 13.0. The fourth-order valence-electron chi connectivity index (χ4n) is 3.53. The molecule has 29 heavy (non-hydrogen) atoms. The van der Waals surface area contributed by atoms with Crippen LogP contribution in [-0.4, -0.2) is 57.7 Å². The van der Waals surface area contributed by atoms with E-state index in [4.69, 9.17) is 11.6 Å². The molecule has 4 rings (SSSR count). The van der Waals surface area contributed by atoms with Gasteiger partial charge in [-0.25, -0.2) is 4.79 Å². The van der Waals surface area contributed by atoms with Crippen molar-refractivity contribution in [2.24, 2.45) is 7.05 Å². The predicted octanol–water partition coefficient (Wildman–Crippen LogP) is 3.98. The zero-order valence-electron chi connectivity index (χ0n) is 16.3. The first-order valence-electron chi connectivity index (χ1n) is 9.46. The molecule has 1 aliphatic heterocycles. The van der Waals surface area contributed by atoms with Crippen LogP contribution in [0.2, 0.25) is 5.02 Å². The first kappa shape index (κ1) is 19.7. The molecule has 1 N–H and O–H groups in total. The van der Waals surface area contributed by atoms with Gasteiger partial charge in [0.25, 0.3) is 5.91 Å². The van der Waals surface area contributed by atoms with Crippen molar-refractivity contribution < 1.29 is 9.59 Å². The van der Waals surface area contributed by atoms with Gasteiger partial charge in [-0.05, 0) is 43.7 Å². The lowest BCUT2D eigenvalue weighted by Crippen LogP contribution is -2.39. The van der Waals surface area contributed by atoms with Crippen molar-refractivity contribution in [2.75, 3.05) is 31.5 Å². The van der Waals surface area contributed by atoms with Crippen LogP contribution in [-0.2, 0) is 7.05 Å². The number of amides is 3. The number of nitrogens with one attached hydrogen (secondary N) is 1. The number of thiophene rings is 1. The normalized spacial score (nSPS) is 14.9. The summed E-state index contributed by atoms with van der Waals surface area (Å²) in [5.41, 5.74) is 1.63. The third-order valence-corrected chi connectivity index (χ3v) is 6.51. The Labute approximate surface area is 177 Å². The van der Waals surface area contributed by atoms with Crippen molar-refractivity contribution in [3.8, 4) is 0 Å². The monoisotopic (exact) mass is 431 g/mol. The molecule has 3 heterocycles. The highest BCUT2D eigenvalue weighted by atomic mass is 35.5. The summed E-state index contributed by atoms with van der Waals surface area (Å²) in [7, 11) is 1.89. The van der Waals surface area contributed by atoms with Gasteiger partial charge in [-0.2, -0.15) is 5.10 Å². The first-order chi connectivity index (χ1) is 13.9. The molecule has 0 bridgehead atoms. The molecule has 3 aromatic rings. The van der Waals surface area contributed by atoms with Gasteiger partial charge in [0.2, 0.25) is 0 Å². The van der Waals surface area contributed by atoms with Crippen molar-refractivity contribution in [3.63, 3.8) is 0 Å². The van der Waals surface area contributed by atoms with Crippen LogP contribution in [0.5, 0.6) is 0 Å². The average Bonchev–Trinajstić information content (AvgIpc) is 3.14. The van der Waals surface area contributed by atoms with E-state index in [1.807, 2.05) is 29.6 Å². The van der Waals surface area contributed by atoms with Crippen molar-refractivity contribution in [3.05, 3.63) is 45.9 Å². The minimum Gasteiger partial charge on any atom is -0.336 e. The summed E-state index contributed by atoms with van der Waals surface area (Å²) < 4.78 is 1.82. The third-order valence-electron chi connectivity index (χ3n) is 5.07. The SMILES string of the molecule is Cc1nn(C)c2sc(C(=O)N3CCCN(C(=O)Nc4ccc(Cl)cc4)CC3)cc12. The van der Waals surface area contributed by atoms with Crippen LogP contribution in [0, 0.1) is 6.92 Å². The molecule has 152 valence electrons. The highest BCUT2D eigenvalue weighted by Crippen LogP contribution is 2.28. The second kappa shape index (κ2) is 8.04. The number of benzene rings is 1. The molecule has 0 saturated carbocycles. The van der Waals surface area contributed by atoms with Crippen LogP contribution in [0.1, 0.15) is 21.8 Å². The summed E-state index contributed by atoms with van der Waals surface area (Å²) in [6.07, 6.45) is 0.741. The van der Waals surface area contributed by atoms with Gasteiger partial charge in [0.15, 0.2) is 0 Å². The Kier molecular flexibility index (Phi) is 5.47. The highest BCUT2D eigenvalue weighted by Gasteiger charge is 2.25. The lowest BCUT2D eigenvalue weighted by Gasteiger charge is -2.22. The van der Waals surface area contributed by atoms with Crippen molar-refractivity contribution >= 4 is 50.8 Å². The minimum absolute atomic E-state index is 0.0190. The van der Waals surface area contributed by atoms with Gasteiger partial charge < -0.3 is 15.1 Å². The number of hydrogen-bond acceptors (Lipinski definition) is 4. The Morgan fingerprint density at radius 1 is 1.10 bits per heavy atom. The molecule has 1 aromatic carbocycles. The van der Waals surface area contributed by atoms with Gasteiger partial charge in [-0.1, -0.05) is 11.6 Å². The number of carbonyl (C=O) groups is 2. The smallest absolute Gasteiger partial charge is 0.321 e. The van der Waals surface area contributed by atoms with Gasteiger partial charge in [-0.3, -0.25) is 9.48 Å². The van der Waals surface area contributed by atoms with Crippen molar-refractivity contribution in [1.82, 2.24) is 19.6 Å². The van der Waals surface area contributed by atoms with Crippen LogP contribution >= 0.6 is 22.9 Å². The molecule has 2 aromatic heterocycles. The van der Waals surface area contributed by atoms with E-state index in [1.54, 1.807) is 29.2 Å². The number of halogens is 1. The van der Waals surface area contributed by atoms with Gasteiger partial charge >= 0.3 is 6.03 Å². The number of hydrogen-bond donors (Lipinski definition) is 1. The summed E-state index contributed by atoms with van der Waals surface area (Å²) in [6.45, 7) is 4.20. The fraction of sp³-hybridized carbons (Fsp3) is 0.350. The molecule has 0 radical (unpaired) electrons. The molecule has 3 amide bonds. The fourth-order valence-corrected chi connectivity index (χ4v) is 4.74. The Hall–Kier alpha value is -2.58. The molecular formula is C20H22ClN5O2S. The molecular weight excluding hydrogens is 410 g/mol. The topological polar surface area (TPSA) is 70.5 Å². The van der Waals surface area contributed by atoms with E-state index in [0.29, 0.717) is 36.9 Å². The van der Waals surface area contributed by atoms with Crippen LogP contribution in [0.15, 0.2) is 30.3 Å². The number of carbonyl (C=O) groups excluding carboxylic acids is 2. The maximum absolute atomic E-state index is 13.0. The van der Waals surface area contributed by atoms with Gasteiger partial charge in [0.1, 0.15) is 4.83 Å². The van der Waals surface area contributed by atoms with E-state index >= 15 is 0 Å². The largest absolute Gasteiger partial charge is 0.336 e. The molecule has 1 fully saturated rings. The molecule has 1 saturated heterocycles. The summed E-state index contributed by atoms with van der Waals surface area (Å²) in [6, 6.07) is 8.79. The van der Waals surface area contributed by atoms with E-state index in [-0.39, 0.29) is 11.9 Å². The second-order valence-corrected chi connectivity index (χ2v) is 8.58. The molecule has 0 spiro atoms. The standard InChI is InChI=1S/C20H22ClN5O2S/c1-13-16-12-17(29-19(16)24(2)23-13)18(27)25-8-3-9-26(11-10-25)20(28)22-15-6-4-14(21)5-7-15/h4-7,12H,3,8-11H2,1-2H3,(H,22,28). The quantitative estimate of drug-likeness (QED) is 0.667. The second-order valence-electron chi connectivity index (χ2n) is 7.11. The molecule has 9 heteroatoms. The predicted molar refractivity (Wildman–Crippen MR) is 116 cm³/mol. The number of fused-ring (bicyclic) bond motifs is 1. The zero-order valence-corrected chi connectivity index (χ0v) is 17.9. The Morgan fingerprint density at radius 3 is 2.52 bits per heavy atom. The number of aryl methyl sites for hydroxylation is 2. The van der Waals surface area contributed by atoms with Crippen LogP contribution < -0.4 is 5.32 Å². The lowest BCUT2D eigenvalue weighted by molar-refractivity contribution is 0.0767. The minimum atomic E-state index is -0.162. The summed E-state index contributed by atoms with van der Waals surface area (Å²) in [4.78, 5) is 30.9. The molecule has 0 unspecified atom stereocenters. The lowest BCUT2D eigenvalue weighted by atomic mass is 10.3. The van der Waals surface area contributed by atoms with E-state index in [9.17, 15) is 9.59 Å². The molecule has 7 nitrogen and oxygen atoms in total. The van der Waals surface area contributed by atoms with Crippen molar-refractivity contribution in [1.29, 1.82) is 0 Å². The average molecular weight is 432 g/mol. The first-order valence-corrected chi connectivity index (χ1v) is 10.7. The van der Waals surface area contributed by atoms with Gasteiger partial charge in [0, 0.05) is 49.3 Å². The van der Waals surface area contributed by atoms with Crippen LogP contribution in [0.3, 0.4) is 0 Å². The van der Waals surface area contributed by atoms with E-state index in [2.05, 4.69) is 10.4 Å². The molecule has 0 atom stereocenters. The summed E-state index contributed by atoms with van der Waals surface area (Å²) in [5, 5.41) is 8.93. The number of nitrogens with zero attached hydrogens (tertiary/aromatic N) is 4. The van der Waals surface area contributed by atoms with Crippen LogP contribution in [0.25, 0.3) is 10.2 Å². The Balaban J connectivity index is 1.41. The number of anilines is 1. The van der Waals surface area contributed by atoms with Crippen LogP contribution in [0.4, 0.5) is 10.5 Å². The zero-order chi connectivity index (χ0) is 20.5. The van der Waals surface area contributed by atoms with Gasteiger partial charge in [0.05, 0.1) is 10.6 Å². The van der Waals surface area contributed by atoms with Gasteiger partial charge in [-0.15, -0.1) is 11.3 Å². The third kappa shape index (κ3) is 4.09. The highest BCUT2D eigenvalue weighted by molar-refractivity contribution is 7.20. The number of rotatable bonds is 2. The van der Waals surface area contributed by atoms with E-state index in [1.165, 1.54) is 11.3 Å². The summed E-state index contributed by atoms with van der Waals surface area (Å²) in [5.74, 6) is 0.0190. The maximum Gasteiger partial charge on any atom is 0.321 e. The molecule has 1 aliphatic rings. The Bertz CT molecular complexity index is 1020. The number of aromatic nitrogens is 2. The van der Waals surface area contributed by atoms with E-state index in [0.717, 1.165) is 27.2 Å². The molecule has 0 aliphatic carbocycles. The van der Waals surface area contributed by atoms with Crippen molar-refractivity contribution in [2.45, 2.75) is 13.3 Å². The Morgan fingerprint density at radius 2 is 1.79 bits per heavy atom.